The standard InChI is InChI=1S/C24H28N6O3/c1-16(2)20-12-21(30-15-26-27-28-30)17(3)11-22(20)33-14-23(31)25-13-18-6-8-19(9-7-18)29-10-4-5-24(29)32/h6-9,11-12,15-16H,4-5,10,13-14H2,1-3H3,(H,25,31). The van der Waals surface area contributed by atoms with Crippen molar-refractivity contribution in [1.29, 1.82) is 0 Å². The second-order valence-corrected chi connectivity index (χ2v) is 8.47. The van der Waals surface area contributed by atoms with Crippen LogP contribution in [0.15, 0.2) is 42.7 Å². The van der Waals surface area contributed by atoms with Gasteiger partial charge in [0.05, 0.1) is 5.69 Å². The topological polar surface area (TPSA) is 102 Å². The van der Waals surface area contributed by atoms with Crippen molar-refractivity contribution in [3.63, 3.8) is 0 Å². The number of tetrazole rings is 1. The lowest BCUT2D eigenvalue weighted by atomic mass is 9.99. The summed E-state index contributed by atoms with van der Waals surface area (Å²) in [5, 5.41) is 14.3. The Morgan fingerprint density at radius 3 is 2.64 bits per heavy atom. The summed E-state index contributed by atoms with van der Waals surface area (Å²) >= 11 is 0. The number of benzene rings is 2. The number of anilines is 1. The van der Waals surface area contributed by atoms with Crippen molar-refractivity contribution in [1.82, 2.24) is 25.5 Å². The average Bonchev–Trinajstić information content (AvgIpc) is 3.48. The molecule has 0 radical (unpaired) electrons. The second kappa shape index (κ2) is 9.81. The van der Waals surface area contributed by atoms with E-state index < -0.39 is 0 Å². The molecule has 2 aromatic carbocycles. The predicted molar refractivity (Wildman–Crippen MR) is 123 cm³/mol. The van der Waals surface area contributed by atoms with Crippen molar-refractivity contribution in [3.05, 3.63) is 59.4 Å². The monoisotopic (exact) mass is 448 g/mol. The lowest BCUT2D eigenvalue weighted by Crippen LogP contribution is -2.28. The third-order valence-electron chi connectivity index (χ3n) is 5.72. The van der Waals surface area contributed by atoms with Crippen LogP contribution in [0.3, 0.4) is 0 Å². The van der Waals surface area contributed by atoms with Crippen LogP contribution in [0.1, 0.15) is 49.3 Å². The molecular formula is C24H28N6O3. The molecule has 0 spiro atoms. The van der Waals surface area contributed by atoms with Gasteiger partial charge in [0, 0.05) is 25.2 Å². The van der Waals surface area contributed by atoms with Crippen molar-refractivity contribution in [2.45, 2.75) is 46.1 Å². The van der Waals surface area contributed by atoms with Crippen molar-refractivity contribution >= 4 is 17.5 Å². The fourth-order valence-electron chi connectivity index (χ4n) is 3.89. The average molecular weight is 449 g/mol. The molecule has 33 heavy (non-hydrogen) atoms. The van der Waals surface area contributed by atoms with Gasteiger partial charge in [0.1, 0.15) is 12.1 Å². The molecule has 9 nitrogen and oxygen atoms in total. The van der Waals surface area contributed by atoms with Crippen LogP contribution in [0, 0.1) is 6.92 Å². The first-order chi connectivity index (χ1) is 15.9. The lowest BCUT2D eigenvalue weighted by molar-refractivity contribution is -0.123. The molecule has 1 N–H and O–H groups in total. The largest absolute Gasteiger partial charge is 0.483 e. The van der Waals surface area contributed by atoms with Gasteiger partial charge in [0.15, 0.2) is 6.61 Å². The molecule has 1 aliphatic heterocycles. The van der Waals surface area contributed by atoms with Gasteiger partial charge in [-0.15, -0.1) is 5.10 Å². The van der Waals surface area contributed by atoms with Crippen LogP contribution in [0.2, 0.25) is 0 Å². The van der Waals surface area contributed by atoms with Crippen LogP contribution < -0.4 is 15.0 Å². The number of ether oxygens (including phenoxy) is 1. The molecule has 1 aliphatic rings. The Kier molecular flexibility index (Phi) is 6.67. The molecule has 4 rings (SSSR count). The molecule has 3 aromatic rings. The van der Waals surface area contributed by atoms with Crippen LogP contribution in [0.5, 0.6) is 5.75 Å². The van der Waals surface area contributed by atoms with E-state index in [1.54, 1.807) is 15.9 Å². The molecule has 9 heteroatoms. The van der Waals surface area contributed by atoms with Gasteiger partial charge in [-0.05, 0) is 70.6 Å². The predicted octanol–water partition coefficient (Wildman–Crippen LogP) is 2.92. The van der Waals surface area contributed by atoms with Gasteiger partial charge < -0.3 is 15.0 Å². The number of hydrogen-bond acceptors (Lipinski definition) is 6. The number of amides is 2. The Hall–Kier alpha value is -3.75. The Bertz CT molecular complexity index is 1130. The van der Waals surface area contributed by atoms with E-state index in [-0.39, 0.29) is 24.3 Å². The number of aromatic nitrogens is 4. The van der Waals surface area contributed by atoms with Gasteiger partial charge in [-0.2, -0.15) is 0 Å². The first-order valence-corrected chi connectivity index (χ1v) is 11.1. The number of nitrogens with one attached hydrogen (secondary N) is 1. The Morgan fingerprint density at radius 1 is 1.21 bits per heavy atom. The summed E-state index contributed by atoms with van der Waals surface area (Å²) in [5.41, 5.74) is 4.66. The minimum atomic E-state index is -0.203. The highest BCUT2D eigenvalue weighted by Crippen LogP contribution is 2.31. The van der Waals surface area contributed by atoms with Crippen LogP contribution in [0.25, 0.3) is 5.69 Å². The molecular weight excluding hydrogens is 420 g/mol. The van der Waals surface area contributed by atoms with Gasteiger partial charge >= 0.3 is 0 Å². The van der Waals surface area contributed by atoms with E-state index in [9.17, 15) is 9.59 Å². The number of carbonyl (C=O) groups is 2. The molecule has 2 heterocycles. The third-order valence-corrected chi connectivity index (χ3v) is 5.72. The summed E-state index contributed by atoms with van der Waals surface area (Å²) in [4.78, 5) is 26.1. The van der Waals surface area contributed by atoms with E-state index in [0.29, 0.717) is 18.7 Å². The maximum Gasteiger partial charge on any atom is 0.258 e. The highest BCUT2D eigenvalue weighted by Gasteiger charge is 2.21. The van der Waals surface area contributed by atoms with Gasteiger partial charge in [-0.25, -0.2) is 4.68 Å². The Balaban J connectivity index is 1.35. The van der Waals surface area contributed by atoms with E-state index in [2.05, 4.69) is 34.7 Å². The molecule has 0 aliphatic carbocycles. The van der Waals surface area contributed by atoms with E-state index in [1.165, 1.54) is 0 Å². The molecule has 0 saturated carbocycles. The molecule has 0 bridgehead atoms. The highest BCUT2D eigenvalue weighted by molar-refractivity contribution is 5.95. The summed E-state index contributed by atoms with van der Waals surface area (Å²) < 4.78 is 7.50. The zero-order valence-electron chi connectivity index (χ0n) is 19.1. The Morgan fingerprint density at radius 2 is 2.00 bits per heavy atom. The van der Waals surface area contributed by atoms with Gasteiger partial charge in [0.25, 0.3) is 5.91 Å². The van der Waals surface area contributed by atoms with E-state index in [0.717, 1.165) is 41.0 Å². The summed E-state index contributed by atoms with van der Waals surface area (Å²) in [5.74, 6) is 0.829. The number of aryl methyl sites for hydroxylation is 1. The zero-order chi connectivity index (χ0) is 23.4. The van der Waals surface area contributed by atoms with Crippen molar-refractivity contribution in [2.24, 2.45) is 0 Å². The SMILES string of the molecule is Cc1cc(OCC(=O)NCc2ccc(N3CCCC3=O)cc2)c(C(C)C)cc1-n1cnnn1. The second-order valence-electron chi connectivity index (χ2n) is 8.47. The molecule has 172 valence electrons. The Labute approximate surface area is 192 Å². The first kappa shape index (κ1) is 22.4. The number of rotatable bonds is 8. The summed E-state index contributed by atoms with van der Waals surface area (Å²) in [7, 11) is 0. The maximum atomic E-state index is 12.4. The van der Waals surface area contributed by atoms with Crippen LogP contribution in [0.4, 0.5) is 5.69 Å². The van der Waals surface area contributed by atoms with Crippen molar-refractivity contribution < 1.29 is 14.3 Å². The molecule has 0 unspecified atom stereocenters. The van der Waals surface area contributed by atoms with E-state index in [1.807, 2.05) is 43.3 Å². The van der Waals surface area contributed by atoms with Gasteiger partial charge in [0.2, 0.25) is 5.91 Å². The lowest BCUT2D eigenvalue weighted by Gasteiger charge is -2.17. The maximum absolute atomic E-state index is 12.4. The van der Waals surface area contributed by atoms with Gasteiger partial charge in [-0.1, -0.05) is 26.0 Å². The normalized spacial score (nSPS) is 13.6. The molecule has 2 amide bonds. The van der Waals surface area contributed by atoms with Crippen LogP contribution in [-0.2, 0) is 16.1 Å². The molecule has 1 aromatic heterocycles. The fourth-order valence-corrected chi connectivity index (χ4v) is 3.89. The summed E-state index contributed by atoms with van der Waals surface area (Å²) in [6.45, 7) is 7.17. The van der Waals surface area contributed by atoms with Gasteiger partial charge in [-0.3, -0.25) is 9.59 Å². The quantitative estimate of drug-likeness (QED) is 0.569. The molecule has 0 atom stereocenters. The first-order valence-electron chi connectivity index (χ1n) is 11.1. The number of nitrogens with zero attached hydrogens (tertiary/aromatic N) is 5. The molecule has 1 fully saturated rings. The summed E-state index contributed by atoms with van der Waals surface area (Å²) in [6, 6.07) is 11.6. The van der Waals surface area contributed by atoms with Crippen LogP contribution >= 0.6 is 0 Å². The number of hydrogen-bond donors (Lipinski definition) is 1. The fraction of sp³-hybridized carbons (Fsp3) is 0.375. The van der Waals surface area contributed by atoms with E-state index in [4.69, 9.17) is 4.74 Å². The third kappa shape index (κ3) is 5.19. The number of carbonyl (C=O) groups excluding carboxylic acids is 2. The van der Waals surface area contributed by atoms with Crippen molar-refractivity contribution in [3.8, 4) is 11.4 Å². The molecule has 1 saturated heterocycles. The minimum absolute atomic E-state index is 0.0796. The summed E-state index contributed by atoms with van der Waals surface area (Å²) in [6.07, 6.45) is 3.06. The van der Waals surface area contributed by atoms with E-state index >= 15 is 0 Å². The van der Waals surface area contributed by atoms with Crippen molar-refractivity contribution in [2.75, 3.05) is 18.1 Å². The zero-order valence-corrected chi connectivity index (χ0v) is 19.1. The minimum Gasteiger partial charge on any atom is -0.483 e. The smallest absolute Gasteiger partial charge is 0.258 e. The van der Waals surface area contributed by atoms with Crippen LogP contribution in [-0.4, -0.2) is 45.2 Å². The highest BCUT2D eigenvalue weighted by atomic mass is 16.5.